The molecule has 90 valence electrons. The number of hydrogen-bond donors (Lipinski definition) is 1. The molecule has 3 nitrogen and oxygen atoms in total. The van der Waals surface area contributed by atoms with Crippen molar-refractivity contribution in [3.8, 4) is 11.8 Å². The molecule has 1 aliphatic rings. The molecule has 1 aliphatic carbocycles. The van der Waals surface area contributed by atoms with Gasteiger partial charge < -0.3 is 10.2 Å². The first-order valence-electron chi connectivity index (χ1n) is 6.15. The minimum absolute atomic E-state index is 0.167. The summed E-state index contributed by atoms with van der Waals surface area (Å²) in [6, 6.07) is 0.711. The average Bonchev–Trinajstić information content (AvgIpc) is 2.30. The summed E-state index contributed by atoms with van der Waals surface area (Å²) in [5, 5.41) is 2.80. The second-order valence-corrected chi connectivity index (χ2v) is 4.40. The van der Waals surface area contributed by atoms with Gasteiger partial charge in [0.05, 0.1) is 0 Å². The molecule has 3 heteroatoms. The highest BCUT2D eigenvalue weighted by molar-refractivity contribution is 5.93. The Morgan fingerprint density at radius 1 is 1.38 bits per heavy atom. The van der Waals surface area contributed by atoms with Crippen LogP contribution in [0.4, 0.5) is 0 Å². The zero-order valence-corrected chi connectivity index (χ0v) is 10.4. The molecule has 0 radical (unpaired) electrons. The van der Waals surface area contributed by atoms with Gasteiger partial charge >= 0.3 is 0 Å². The Morgan fingerprint density at radius 2 is 2.06 bits per heavy atom. The lowest BCUT2D eigenvalue weighted by Gasteiger charge is -2.31. The molecule has 0 aliphatic heterocycles. The highest BCUT2D eigenvalue weighted by Crippen LogP contribution is 2.20. The first-order valence-corrected chi connectivity index (χ1v) is 6.15. The lowest BCUT2D eigenvalue weighted by Crippen LogP contribution is -2.39. The van der Waals surface area contributed by atoms with E-state index in [1.165, 1.54) is 32.1 Å². The Labute approximate surface area is 98.6 Å². The van der Waals surface area contributed by atoms with Crippen LogP contribution in [0.1, 0.15) is 39.0 Å². The molecule has 1 N–H and O–H groups in total. The Bertz CT molecular complexity index is 271. The zero-order valence-electron chi connectivity index (χ0n) is 10.4. The van der Waals surface area contributed by atoms with Crippen molar-refractivity contribution in [1.82, 2.24) is 10.2 Å². The third-order valence-corrected chi connectivity index (χ3v) is 3.19. The number of carbonyl (C=O) groups is 1. The smallest absolute Gasteiger partial charge is 0.295 e. The minimum atomic E-state index is -0.167. The lowest BCUT2D eigenvalue weighted by atomic mass is 9.94. The van der Waals surface area contributed by atoms with E-state index in [1.807, 2.05) is 0 Å². The summed E-state index contributed by atoms with van der Waals surface area (Å²) in [4.78, 5) is 13.5. The van der Waals surface area contributed by atoms with Gasteiger partial charge in [0.15, 0.2) is 0 Å². The van der Waals surface area contributed by atoms with Crippen molar-refractivity contribution >= 4 is 5.91 Å². The van der Waals surface area contributed by atoms with E-state index in [1.54, 1.807) is 6.92 Å². The standard InChI is InChI=1S/C13H22N2O/c1-3-7-13(16)14-10-11-15(2)12-8-5-4-6-9-12/h12H,4-6,8-11H2,1-2H3,(H,14,16). The average molecular weight is 222 g/mol. The molecule has 16 heavy (non-hydrogen) atoms. The summed E-state index contributed by atoms with van der Waals surface area (Å²) in [6.45, 7) is 3.29. The maximum absolute atomic E-state index is 11.1. The van der Waals surface area contributed by atoms with E-state index in [4.69, 9.17) is 0 Å². The summed E-state index contributed by atoms with van der Waals surface area (Å²) in [6.07, 6.45) is 6.69. The van der Waals surface area contributed by atoms with Gasteiger partial charge in [0, 0.05) is 19.1 Å². The van der Waals surface area contributed by atoms with Crippen LogP contribution in [0, 0.1) is 11.8 Å². The largest absolute Gasteiger partial charge is 0.344 e. The van der Waals surface area contributed by atoms with Crippen molar-refractivity contribution in [3.63, 3.8) is 0 Å². The Balaban J connectivity index is 2.15. The second-order valence-electron chi connectivity index (χ2n) is 4.40. The molecule has 0 aromatic heterocycles. The fourth-order valence-corrected chi connectivity index (χ4v) is 2.21. The highest BCUT2D eigenvalue weighted by Gasteiger charge is 2.17. The maximum Gasteiger partial charge on any atom is 0.295 e. The minimum Gasteiger partial charge on any atom is -0.344 e. The number of rotatable bonds is 4. The molecule has 1 rings (SSSR count). The van der Waals surface area contributed by atoms with Gasteiger partial charge in [-0.1, -0.05) is 25.2 Å². The van der Waals surface area contributed by atoms with E-state index in [0.29, 0.717) is 12.6 Å². The van der Waals surface area contributed by atoms with Crippen LogP contribution in [-0.4, -0.2) is 37.0 Å². The molecule has 1 fully saturated rings. The third kappa shape index (κ3) is 4.67. The molecule has 0 atom stereocenters. The topological polar surface area (TPSA) is 32.3 Å². The van der Waals surface area contributed by atoms with Crippen LogP contribution in [0.5, 0.6) is 0 Å². The van der Waals surface area contributed by atoms with Gasteiger partial charge in [-0.15, -0.1) is 0 Å². The van der Waals surface area contributed by atoms with Gasteiger partial charge in [-0.25, -0.2) is 0 Å². The summed E-state index contributed by atoms with van der Waals surface area (Å²) >= 11 is 0. The van der Waals surface area contributed by atoms with Gasteiger partial charge in [-0.3, -0.25) is 4.79 Å². The molecule has 0 unspecified atom stereocenters. The van der Waals surface area contributed by atoms with Crippen LogP contribution in [-0.2, 0) is 4.79 Å². The Kier molecular flexibility index (Phi) is 5.95. The van der Waals surface area contributed by atoms with Gasteiger partial charge in [-0.2, -0.15) is 0 Å². The Hall–Kier alpha value is -1.01. The van der Waals surface area contributed by atoms with Crippen molar-refractivity contribution in [2.45, 2.75) is 45.1 Å². The lowest BCUT2D eigenvalue weighted by molar-refractivity contribution is -0.115. The summed E-state index contributed by atoms with van der Waals surface area (Å²) in [5.41, 5.74) is 0. The molecular formula is C13H22N2O. The van der Waals surface area contributed by atoms with Gasteiger partial charge in [0.1, 0.15) is 0 Å². The van der Waals surface area contributed by atoms with E-state index >= 15 is 0 Å². The molecule has 0 spiro atoms. The number of likely N-dealkylation sites (N-methyl/N-ethyl adjacent to an activating group) is 1. The van der Waals surface area contributed by atoms with E-state index in [0.717, 1.165) is 6.54 Å². The van der Waals surface area contributed by atoms with E-state index < -0.39 is 0 Å². The number of hydrogen-bond acceptors (Lipinski definition) is 2. The summed E-state index contributed by atoms with van der Waals surface area (Å²) in [7, 11) is 2.15. The van der Waals surface area contributed by atoms with Crippen LogP contribution >= 0.6 is 0 Å². The highest BCUT2D eigenvalue weighted by atomic mass is 16.1. The predicted octanol–water partition coefficient (Wildman–Crippen LogP) is 1.39. The molecule has 0 bridgehead atoms. The second kappa shape index (κ2) is 7.29. The van der Waals surface area contributed by atoms with Crippen molar-refractivity contribution < 1.29 is 4.79 Å². The van der Waals surface area contributed by atoms with Gasteiger partial charge in [0.2, 0.25) is 0 Å². The van der Waals surface area contributed by atoms with Crippen LogP contribution in [0.15, 0.2) is 0 Å². The van der Waals surface area contributed by atoms with Crippen molar-refractivity contribution in [3.05, 3.63) is 0 Å². The van der Waals surface area contributed by atoms with Crippen molar-refractivity contribution in [1.29, 1.82) is 0 Å². The van der Waals surface area contributed by atoms with Crippen molar-refractivity contribution in [2.75, 3.05) is 20.1 Å². The van der Waals surface area contributed by atoms with E-state index in [9.17, 15) is 4.79 Å². The molecule has 1 amide bonds. The van der Waals surface area contributed by atoms with Crippen molar-refractivity contribution in [2.24, 2.45) is 0 Å². The molecular weight excluding hydrogens is 200 g/mol. The van der Waals surface area contributed by atoms with Gasteiger partial charge in [0.25, 0.3) is 5.91 Å². The van der Waals surface area contributed by atoms with Crippen LogP contribution in [0.3, 0.4) is 0 Å². The molecule has 0 aromatic carbocycles. The van der Waals surface area contributed by atoms with Gasteiger partial charge in [-0.05, 0) is 32.7 Å². The first-order chi connectivity index (χ1) is 7.74. The number of nitrogens with zero attached hydrogens (tertiary/aromatic N) is 1. The van der Waals surface area contributed by atoms with E-state index in [-0.39, 0.29) is 5.91 Å². The predicted molar refractivity (Wildman–Crippen MR) is 66.0 cm³/mol. The summed E-state index contributed by atoms with van der Waals surface area (Å²) in [5.74, 6) is 4.91. The molecule has 0 saturated heterocycles. The van der Waals surface area contributed by atoms with E-state index in [2.05, 4.69) is 29.1 Å². The van der Waals surface area contributed by atoms with Crippen LogP contribution in [0.2, 0.25) is 0 Å². The number of amides is 1. The number of nitrogens with one attached hydrogen (secondary N) is 1. The van der Waals surface area contributed by atoms with Crippen LogP contribution in [0.25, 0.3) is 0 Å². The third-order valence-electron chi connectivity index (χ3n) is 3.19. The fraction of sp³-hybridized carbons (Fsp3) is 0.769. The SMILES string of the molecule is CC#CC(=O)NCCN(C)C1CCCCC1. The molecule has 1 saturated carbocycles. The monoisotopic (exact) mass is 222 g/mol. The normalized spacial score (nSPS) is 16.7. The number of carbonyl (C=O) groups excluding carboxylic acids is 1. The maximum atomic E-state index is 11.1. The quantitative estimate of drug-likeness (QED) is 0.729. The fourth-order valence-electron chi connectivity index (χ4n) is 2.21. The molecule has 0 aromatic rings. The van der Waals surface area contributed by atoms with Crippen LogP contribution < -0.4 is 5.32 Å². The summed E-state index contributed by atoms with van der Waals surface area (Å²) < 4.78 is 0. The first kappa shape index (κ1) is 13.1. The zero-order chi connectivity index (χ0) is 11.8. The Morgan fingerprint density at radius 3 is 2.69 bits per heavy atom. The molecule has 0 heterocycles.